The first kappa shape index (κ1) is 20.0. The molecule has 0 atom stereocenters. The second-order valence-corrected chi connectivity index (χ2v) is 9.77. The van der Waals surface area contributed by atoms with E-state index in [1.165, 1.54) is 16.4 Å². The molecule has 1 saturated carbocycles. The molecule has 2 fully saturated rings. The third-order valence-electron chi connectivity index (χ3n) is 6.01. The number of nitrogens with zero attached hydrogens (tertiary/aromatic N) is 1. The van der Waals surface area contributed by atoms with E-state index in [1.54, 1.807) is 0 Å². The molecule has 4 rings (SSSR count). The molecule has 0 radical (unpaired) electrons. The summed E-state index contributed by atoms with van der Waals surface area (Å²) >= 11 is 0. The number of hydrogen-bond donors (Lipinski definition) is 1. The first-order valence-corrected chi connectivity index (χ1v) is 11.5. The molecule has 2 aliphatic rings. The van der Waals surface area contributed by atoms with Gasteiger partial charge in [-0.05, 0) is 55.9 Å². The van der Waals surface area contributed by atoms with Crippen molar-refractivity contribution in [2.75, 3.05) is 13.1 Å². The number of carbonyl (C=O) groups excluding carboxylic acids is 1. The van der Waals surface area contributed by atoms with E-state index in [1.807, 2.05) is 30.3 Å². The Bertz CT molecular complexity index is 998. The average Bonchev–Trinajstić information content (AvgIpc) is 2.72. The van der Waals surface area contributed by atoms with Gasteiger partial charge >= 0.3 is 0 Å². The Labute approximate surface area is 171 Å². The Morgan fingerprint density at radius 3 is 2.28 bits per heavy atom. The first-order valence-electron chi connectivity index (χ1n) is 10.1. The van der Waals surface area contributed by atoms with Gasteiger partial charge in [0.25, 0.3) is 5.91 Å². The van der Waals surface area contributed by atoms with Crippen LogP contribution in [-0.4, -0.2) is 31.7 Å². The highest BCUT2D eigenvalue weighted by Crippen LogP contribution is 2.41. The molecule has 0 spiro atoms. The number of rotatable bonds is 5. The van der Waals surface area contributed by atoms with Crippen molar-refractivity contribution >= 4 is 15.9 Å². The molecule has 0 bridgehead atoms. The summed E-state index contributed by atoms with van der Waals surface area (Å²) < 4.78 is 41.6. The molecule has 5 nitrogen and oxygen atoms in total. The molecule has 1 heterocycles. The van der Waals surface area contributed by atoms with E-state index >= 15 is 0 Å². The van der Waals surface area contributed by atoms with Crippen LogP contribution in [0.2, 0.25) is 0 Å². The molecule has 154 valence electrons. The summed E-state index contributed by atoms with van der Waals surface area (Å²) in [6.07, 6.45) is 5.15. The fraction of sp³-hybridized carbons (Fsp3) is 0.409. The van der Waals surface area contributed by atoms with Gasteiger partial charge in [-0.2, -0.15) is 4.31 Å². The molecule has 2 aromatic carbocycles. The summed E-state index contributed by atoms with van der Waals surface area (Å²) in [6.45, 7) is 0.768. The fourth-order valence-electron chi connectivity index (χ4n) is 4.15. The molecule has 0 unspecified atom stereocenters. The van der Waals surface area contributed by atoms with Crippen LogP contribution in [-0.2, 0) is 15.6 Å². The molecule has 0 aromatic heterocycles. The second-order valence-electron chi connectivity index (χ2n) is 7.87. The fourth-order valence-corrected chi connectivity index (χ4v) is 5.76. The van der Waals surface area contributed by atoms with Crippen molar-refractivity contribution < 1.29 is 17.6 Å². The van der Waals surface area contributed by atoms with Crippen LogP contribution in [0, 0.1) is 5.82 Å². The van der Waals surface area contributed by atoms with Gasteiger partial charge in [0.05, 0.1) is 5.54 Å². The number of nitrogens with one attached hydrogen (secondary N) is 1. The molecule has 1 aliphatic carbocycles. The second kappa shape index (κ2) is 7.88. The lowest BCUT2D eigenvalue weighted by molar-refractivity contribution is 0.0823. The van der Waals surface area contributed by atoms with Crippen LogP contribution in [0.3, 0.4) is 0 Å². The zero-order valence-electron chi connectivity index (χ0n) is 16.2. The maximum Gasteiger partial charge on any atom is 0.252 e. The molecular formula is C22H25FN2O3S. The molecule has 1 aliphatic heterocycles. The van der Waals surface area contributed by atoms with Gasteiger partial charge < -0.3 is 5.32 Å². The van der Waals surface area contributed by atoms with Crippen molar-refractivity contribution in [2.24, 2.45) is 0 Å². The molecule has 29 heavy (non-hydrogen) atoms. The largest absolute Gasteiger partial charge is 0.343 e. The average molecular weight is 417 g/mol. The zero-order valence-corrected chi connectivity index (χ0v) is 17.1. The number of hydrogen-bond acceptors (Lipinski definition) is 3. The Morgan fingerprint density at radius 2 is 1.66 bits per heavy atom. The summed E-state index contributed by atoms with van der Waals surface area (Å²) in [4.78, 5) is 12.5. The molecular weight excluding hydrogens is 391 g/mol. The Hall–Kier alpha value is -2.25. The van der Waals surface area contributed by atoms with Gasteiger partial charge in [0, 0.05) is 18.7 Å². The van der Waals surface area contributed by atoms with E-state index < -0.39 is 26.3 Å². The first-order chi connectivity index (χ1) is 13.9. The van der Waals surface area contributed by atoms with Crippen molar-refractivity contribution in [3.05, 3.63) is 65.5 Å². The summed E-state index contributed by atoms with van der Waals surface area (Å²) in [5, 5.41) is 3.07. The topological polar surface area (TPSA) is 66.5 Å². The van der Waals surface area contributed by atoms with Crippen LogP contribution in [0.15, 0.2) is 53.4 Å². The number of benzene rings is 2. The number of sulfonamides is 1. The lowest BCUT2D eigenvalue weighted by Crippen LogP contribution is -2.50. The predicted octanol–water partition coefficient (Wildman–Crippen LogP) is 3.81. The van der Waals surface area contributed by atoms with Crippen LogP contribution < -0.4 is 5.32 Å². The van der Waals surface area contributed by atoms with E-state index in [4.69, 9.17) is 0 Å². The van der Waals surface area contributed by atoms with Crippen LogP contribution >= 0.6 is 0 Å². The van der Waals surface area contributed by atoms with Gasteiger partial charge in [0.15, 0.2) is 0 Å². The van der Waals surface area contributed by atoms with E-state index in [2.05, 4.69) is 5.32 Å². The summed E-state index contributed by atoms with van der Waals surface area (Å²) in [5.41, 5.74) is 0.741. The highest BCUT2D eigenvalue weighted by molar-refractivity contribution is 7.89. The molecule has 1 saturated heterocycles. The van der Waals surface area contributed by atoms with Crippen LogP contribution in [0.1, 0.15) is 54.4 Å². The van der Waals surface area contributed by atoms with Crippen LogP contribution in [0.25, 0.3) is 0 Å². The highest BCUT2D eigenvalue weighted by Gasteiger charge is 2.40. The monoisotopic (exact) mass is 416 g/mol. The highest BCUT2D eigenvalue weighted by atomic mass is 32.2. The molecule has 1 amide bonds. The minimum Gasteiger partial charge on any atom is -0.343 e. The Balaban J connectivity index is 1.61. The maximum absolute atomic E-state index is 14.4. The number of halogens is 1. The van der Waals surface area contributed by atoms with Gasteiger partial charge in [-0.25, -0.2) is 12.8 Å². The van der Waals surface area contributed by atoms with Crippen molar-refractivity contribution in [1.82, 2.24) is 9.62 Å². The maximum atomic E-state index is 14.4. The minimum absolute atomic E-state index is 0.157. The number of piperidine rings is 1. The number of amides is 1. The van der Waals surface area contributed by atoms with Gasteiger partial charge in [-0.1, -0.05) is 36.8 Å². The Morgan fingerprint density at radius 1 is 0.966 bits per heavy atom. The lowest BCUT2D eigenvalue weighted by Gasteiger charge is -2.43. The summed E-state index contributed by atoms with van der Waals surface area (Å²) in [5.74, 6) is -1.21. The van der Waals surface area contributed by atoms with E-state index in [0.29, 0.717) is 13.1 Å². The van der Waals surface area contributed by atoms with Crippen molar-refractivity contribution in [3.8, 4) is 0 Å². The minimum atomic E-state index is -3.96. The van der Waals surface area contributed by atoms with E-state index in [-0.39, 0.29) is 11.5 Å². The van der Waals surface area contributed by atoms with Crippen LogP contribution in [0.5, 0.6) is 0 Å². The lowest BCUT2D eigenvalue weighted by atomic mass is 9.71. The van der Waals surface area contributed by atoms with Gasteiger partial charge in [-0.15, -0.1) is 0 Å². The van der Waals surface area contributed by atoms with E-state index in [0.717, 1.165) is 50.2 Å². The normalized spacial score (nSPS) is 19.3. The van der Waals surface area contributed by atoms with Crippen molar-refractivity contribution in [1.29, 1.82) is 0 Å². The Kier molecular flexibility index (Phi) is 5.44. The summed E-state index contributed by atoms with van der Waals surface area (Å²) in [6, 6.07) is 13.3. The zero-order chi connectivity index (χ0) is 20.5. The number of carbonyl (C=O) groups is 1. The van der Waals surface area contributed by atoms with Gasteiger partial charge in [0.1, 0.15) is 10.7 Å². The SMILES string of the molecule is O=C(NC1(c2ccccc2)CCC1)c1ccc(F)c(S(=O)(=O)N2CCCCC2)c1. The summed E-state index contributed by atoms with van der Waals surface area (Å²) in [7, 11) is -3.96. The van der Waals surface area contributed by atoms with Crippen molar-refractivity contribution in [3.63, 3.8) is 0 Å². The molecule has 1 N–H and O–H groups in total. The third kappa shape index (κ3) is 3.81. The molecule has 7 heteroatoms. The van der Waals surface area contributed by atoms with Crippen LogP contribution in [0.4, 0.5) is 4.39 Å². The third-order valence-corrected chi connectivity index (χ3v) is 7.93. The smallest absolute Gasteiger partial charge is 0.252 e. The van der Waals surface area contributed by atoms with Gasteiger partial charge in [-0.3, -0.25) is 4.79 Å². The predicted molar refractivity (Wildman–Crippen MR) is 108 cm³/mol. The van der Waals surface area contributed by atoms with E-state index in [9.17, 15) is 17.6 Å². The van der Waals surface area contributed by atoms with Crippen molar-refractivity contribution in [2.45, 2.75) is 49.0 Å². The quantitative estimate of drug-likeness (QED) is 0.806. The molecule has 2 aromatic rings. The van der Waals surface area contributed by atoms with Gasteiger partial charge in [0.2, 0.25) is 10.0 Å². The standard InChI is InChI=1S/C22H25FN2O3S/c23-19-11-10-17(16-20(19)29(27,28)25-14-5-2-6-15-25)21(26)24-22(12-7-13-22)18-8-3-1-4-9-18/h1,3-4,8-11,16H,2,5-7,12-15H2,(H,24,26).